The first-order valence-electron chi connectivity index (χ1n) is 7.44. The van der Waals surface area contributed by atoms with Crippen LogP contribution < -0.4 is 10.1 Å². The second-order valence-electron chi connectivity index (χ2n) is 6.09. The topological polar surface area (TPSA) is 58.6 Å². The van der Waals surface area contributed by atoms with Crippen LogP contribution in [0.5, 0.6) is 5.75 Å². The molecule has 1 atom stereocenters. The molecule has 1 aromatic rings. The maximum absolute atomic E-state index is 11.9. The SMILES string of the molecule is Cc1cc(C)c(OCC(=O)NC(CO)CC(C)C)c(C)c1. The number of aryl methyl sites for hydroxylation is 3. The summed E-state index contributed by atoms with van der Waals surface area (Å²) in [4.78, 5) is 11.9. The summed E-state index contributed by atoms with van der Waals surface area (Å²) in [6.45, 7) is 10.0. The van der Waals surface area contributed by atoms with Crippen molar-refractivity contribution in [1.29, 1.82) is 0 Å². The Morgan fingerprint density at radius 3 is 2.29 bits per heavy atom. The molecule has 1 rings (SSSR count). The number of hydrogen-bond acceptors (Lipinski definition) is 3. The van der Waals surface area contributed by atoms with Gasteiger partial charge in [-0.15, -0.1) is 0 Å². The molecular weight excluding hydrogens is 266 g/mol. The van der Waals surface area contributed by atoms with E-state index in [9.17, 15) is 9.90 Å². The second kappa shape index (κ2) is 8.03. The van der Waals surface area contributed by atoms with Gasteiger partial charge in [0.15, 0.2) is 6.61 Å². The maximum Gasteiger partial charge on any atom is 0.258 e. The number of nitrogens with one attached hydrogen (secondary N) is 1. The fourth-order valence-electron chi connectivity index (χ4n) is 2.55. The molecule has 1 aromatic carbocycles. The Morgan fingerprint density at radius 1 is 1.24 bits per heavy atom. The fourth-order valence-corrected chi connectivity index (χ4v) is 2.55. The molecule has 0 fully saturated rings. The Balaban J connectivity index is 2.57. The molecule has 21 heavy (non-hydrogen) atoms. The molecule has 0 radical (unpaired) electrons. The molecule has 2 N–H and O–H groups in total. The molecule has 4 heteroatoms. The van der Waals surface area contributed by atoms with Gasteiger partial charge in [-0.25, -0.2) is 0 Å². The molecule has 0 saturated carbocycles. The average molecular weight is 293 g/mol. The van der Waals surface area contributed by atoms with Crippen LogP contribution in [0.4, 0.5) is 0 Å². The van der Waals surface area contributed by atoms with Crippen molar-refractivity contribution in [3.8, 4) is 5.75 Å². The van der Waals surface area contributed by atoms with Gasteiger partial charge >= 0.3 is 0 Å². The molecule has 0 saturated heterocycles. The van der Waals surface area contributed by atoms with Crippen molar-refractivity contribution in [3.63, 3.8) is 0 Å². The minimum atomic E-state index is -0.207. The number of aliphatic hydroxyl groups is 1. The fraction of sp³-hybridized carbons (Fsp3) is 0.588. The first kappa shape index (κ1) is 17.5. The van der Waals surface area contributed by atoms with Gasteiger partial charge in [0.25, 0.3) is 5.91 Å². The van der Waals surface area contributed by atoms with Crippen LogP contribution in [0.25, 0.3) is 0 Å². The smallest absolute Gasteiger partial charge is 0.258 e. The Kier molecular flexibility index (Phi) is 6.69. The summed E-state index contributed by atoms with van der Waals surface area (Å²) in [7, 11) is 0. The predicted octanol–water partition coefficient (Wildman–Crippen LogP) is 2.51. The standard InChI is InChI=1S/C17H27NO3/c1-11(2)6-15(9-19)18-16(20)10-21-17-13(4)7-12(3)8-14(17)5/h7-8,11,15,19H,6,9-10H2,1-5H3,(H,18,20). The Hall–Kier alpha value is -1.55. The van der Waals surface area contributed by atoms with Crippen molar-refractivity contribution in [3.05, 3.63) is 28.8 Å². The largest absolute Gasteiger partial charge is 0.483 e. The third kappa shape index (κ3) is 5.76. The lowest BCUT2D eigenvalue weighted by molar-refractivity contribution is -0.124. The number of carbonyl (C=O) groups excluding carboxylic acids is 1. The Bertz CT molecular complexity index is 460. The maximum atomic E-state index is 11.9. The first-order chi connectivity index (χ1) is 9.83. The van der Waals surface area contributed by atoms with Crippen molar-refractivity contribution in [2.24, 2.45) is 5.92 Å². The van der Waals surface area contributed by atoms with E-state index in [-0.39, 0.29) is 25.2 Å². The van der Waals surface area contributed by atoms with E-state index >= 15 is 0 Å². The van der Waals surface area contributed by atoms with Gasteiger partial charge in [-0.05, 0) is 44.2 Å². The number of hydrogen-bond donors (Lipinski definition) is 2. The number of rotatable bonds is 7. The normalized spacial score (nSPS) is 12.3. The number of benzene rings is 1. The summed E-state index contributed by atoms with van der Waals surface area (Å²) in [5.41, 5.74) is 3.24. The summed E-state index contributed by atoms with van der Waals surface area (Å²) in [6.07, 6.45) is 0.755. The van der Waals surface area contributed by atoms with Gasteiger partial charge in [-0.1, -0.05) is 31.5 Å². The van der Waals surface area contributed by atoms with E-state index in [1.807, 2.05) is 32.9 Å². The van der Waals surface area contributed by atoms with Crippen molar-refractivity contribution in [2.75, 3.05) is 13.2 Å². The molecule has 0 heterocycles. The van der Waals surface area contributed by atoms with Crippen molar-refractivity contribution >= 4 is 5.91 Å². The highest BCUT2D eigenvalue weighted by atomic mass is 16.5. The number of carbonyl (C=O) groups is 1. The zero-order valence-electron chi connectivity index (χ0n) is 13.7. The third-order valence-electron chi connectivity index (χ3n) is 3.29. The van der Waals surface area contributed by atoms with Gasteiger partial charge in [0.1, 0.15) is 5.75 Å². The molecule has 0 aliphatic carbocycles. The summed E-state index contributed by atoms with van der Waals surface area (Å²) < 4.78 is 5.64. The van der Waals surface area contributed by atoms with Gasteiger partial charge < -0.3 is 15.2 Å². The van der Waals surface area contributed by atoms with E-state index in [2.05, 4.69) is 19.2 Å². The Morgan fingerprint density at radius 2 is 1.81 bits per heavy atom. The highest BCUT2D eigenvalue weighted by molar-refractivity contribution is 5.78. The third-order valence-corrected chi connectivity index (χ3v) is 3.29. The van der Waals surface area contributed by atoms with E-state index in [1.54, 1.807) is 0 Å². The minimum Gasteiger partial charge on any atom is -0.483 e. The molecule has 0 spiro atoms. The molecule has 0 aromatic heterocycles. The predicted molar refractivity (Wildman–Crippen MR) is 84.6 cm³/mol. The average Bonchev–Trinajstić information content (AvgIpc) is 2.35. The van der Waals surface area contributed by atoms with Gasteiger partial charge in [0.2, 0.25) is 0 Å². The minimum absolute atomic E-state index is 0.0284. The second-order valence-corrected chi connectivity index (χ2v) is 6.09. The molecule has 0 bridgehead atoms. The quantitative estimate of drug-likeness (QED) is 0.812. The zero-order valence-corrected chi connectivity index (χ0v) is 13.7. The van der Waals surface area contributed by atoms with E-state index in [0.29, 0.717) is 5.92 Å². The molecule has 1 amide bonds. The zero-order chi connectivity index (χ0) is 16.0. The summed E-state index contributed by atoms with van der Waals surface area (Å²) in [5, 5.41) is 12.1. The molecule has 0 aliphatic rings. The van der Waals surface area contributed by atoms with Crippen LogP contribution in [0.3, 0.4) is 0 Å². The highest BCUT2D eigenvalue weighted by Gasteiger charge is 2.14. The number of aliphatic hydroxyl groups excluding tert-OH is 1. The highest BCUT2D eigenvalue weighted by Crippen LogP contribution is 2.24. The summed E-state index contributed by atoms with van der Waals surface area (Å²) >= 11 is 0. The van der Waals surface area contributed by atoms with Crippen molar-refractivity contribution < 1.29 is 14.6 Å². The van der Waals surface area contributed by atoms with Crippen LogP contribution in [-0.4, -0.2) is 30.3 Å². The van der Waals surface area contributed by atoms with Crippen LogP contribution in [-0.2, 0) is 4.79 Å². The van der Waals surface area contributed by atoms with Gasteiger partial charge in [-0.2, -0.15) is 0 Å². The monoisotopic (exact) mass is 293 g/mol. The van der Waals surface area contributed by atoms with Gasteiger partial charge in [0, 0.05) is 0 Å². The van der Waals surface area contributed by atoms with Gasteiger partial charge in [0.05, 0.1) is 12.6 Å². The summed E-state index contributed by atoms with van der Waals surface area (Å²) in [6, 6.07) is 3.87. The molecule has 1 unspecified atom stereocenters. The lowest BCUT2D eigenvalue weighted by Gasteiger charge is -2.19. The number of amides is 1. The van der Waals surface area contributed by atoms with Crippen LogP contribution in [0, 0.1) is 26.7 Å². The van der Waals surface area contributed by atoms with Crippen molar-refractivity contribution in [2.45, 2.75) is 47.1 Å². The van der Waals surface area contributed by atoms with E-state index in [0.717, 1.165) is 23.3 Å². The first-order valence-corrected chi connectivity index (χ1v) is 7.44. The van der Waals surface area contributed by atoms with Crippen LogP contribution in [0.15, 0.2) is 12.1 Å². The van der Waals surface area contributed by atoms with Gasteiger partial charge in [-0.3, -0.25) is 4.79 Å². The Labute approximate surface area is 127 Å². The number of ether oxygens (including phenoxy) is 1. The summed E-state index contributed by atoms with van der Waals surface area (Å²) in [5.74, 6) is 0.985. The molecule has 118 valence electrons. The molecule has 4 nitrogen and oxygen atoms in total. The van der Waals surface area contributed by atoms with E-state index < -0.39 is 0 Å². The van der Waals surface area contributed by atoms with E-state index in [1.165, 1.54) is 5.56 Å². The van der Waals surface area contributed by atoms with Crippen molar-refractivity contribution in [1.82, 2.24) is 5.32 Å². The lowest BCUT2D eigenvalue weighted by Crippen LogP contribution is -2.41. The van der Waals surface area contributed by atoms with E-state index in [4.69, 9.17) is 4.74 Å². The van der Waals surface area contributed by atoms with Crippen LogP contribution >= 0.6 is 0 Å². The van der Waals surface area contributed by atoms with Crippen LogP contribution in [0.2, 0.25) is 0 Å². The molecule has 0 aliphatic heterocycles. The lowest BCUT2D eigenvalue weighted by atomic mass is 10.0. The molecular formula is C17H27NO3. The van der Waals surface area contributed by atoms with Crippen LogP contribution in [0.1, 0.15) is 37.0 Å².